The maximum absolute atomic E-state index is 12.1. The van der Waals surface area contributed by atoms with Gasteiger partial charge in [0.25, 0.3) is 0 Å². The van der Waals surface area contributed by atoms with Crippen molar-refractivity contribution in [1.82, 2.24) is 0 Å². The number of hydrogen-bond donors (Lipinski definition) is 0. The van der Waals surface area contributed by atoms with E-state index < -0.39 is 18.0 Å². The van der Waals surface area contributed by atoms with Gasteiger partial charge in [-0.05, 0) is 42.8 Å². The van der Waals surface area contributed by atoms with Crippen molar-refractivity contribution in [3.05, 3.63) is 53.5 Å². The first-order chi connectivity index (χ1) is 13.5. The van der Waals surface area contributed by atoms with Gasteiger partial charge in [0.2, 0.25) is 5.76 Å². The quantitative estimate of drug-likeness (QED) is 0.295. The summed E-state index contributed by atoms with van der Waals surface area (Å²) in [5.41, 5.74) is 0.299. The van der Waals surface area contributed by atoms with E-state index in [9.17, 15) is 14.9 Å². The van der Waals surface area contributed by atoms with E-state index in [0.717, 1.165) is 0 Å². The summed E-state index contributed by atoms with van der Waals surface area (Å²) in [5.74, 6) is -0.993. The van der Waals surface area contributed by atoms with Crippen LogP contribution in [0.3, 0.4) is 0 Å². The Labute approximate surface area is 161 Å². The van der Waals surface area contributed by atoms with Crippen LogP contribution in [0, 0.1) is 11.3 Å². The van der Waals surface area contributed by atoms with Crippen LogP contribution >= 0.6 is 0 Å². The molecule has 0 bridgehead atoms. The van der Waals surface area contributed by atoms with E-state index in [-0.39, 0.29) is 29.4 Å². The lowest BCUT2D eigenvalue weighted by molar-refractivity contribution is -0.145. The number of carbonyl (C=O) groups is 2. The third kappa shape index (κ3) is 5.46. The Morgan fingerprint density at radius 1 is 1.25 bits per heavy atom. The predicted molar refractivity (Wildman–Crippen MR) is 97.7 cm³/mol. The number of hydrogen-bond acceptors (Lipinski definition) is 8. The van der Waals surface area contributed by atoms with Gasteiger partial charge in [0.1, 0.15) is 17.7 Å². The normalized spacial score (nSPS) is 12.0. The van der Waals surface area contributed by atoms with Gasteiger partial charge in [-0.3, -0.25) is 0 Å². The summed E-state index contributed by atoms with van der Waals surface area (Å²) in [6.45, 7) is 1.87. The van der Waals surface area contributed by atoms with Crippen molar-refractivity contribution in [2.75, 3.05) is 20.8 Å². The van der Waals surface area contributed by atoms with Crippen molar-refractivity contribution in [1.29, 1.82) is 5.26 Å². The van der Waals surface area contributed by atoms with Crippen molar-refractivity contribution < 1.29 is 33.0 Å². The van der Waals surface area contributed by atoms with Crippen LogP contribution in [-0.4, -0.2) is 38.9 Å². The summed E-state index contributed by atoms with van der Waals surface area (Å²) in [6, 6.07) is 9.42. The maximum Gasteiger partial charge on any atom is 0.379 e. The van der Waals surface area contributed by atoms with E-state index in [0.29, 0.717) is 5.56 Å². The number of nitrogens with zero attached hydrogens (tertiary/aromatic N) is 1. The number of carbonyl (C=O) groups excluding carboxylic acids is 2. The van der Waals surface area contributed by atoms with E-state index in [2.05, 4.69) is 0 Å². The molecule has 0 radical (unpaired) electrons. The first-order valence-corrected chi connectivity index (χ1v) is 8.24. The molecule has 0 N–H and O–H groups in total. The minimum absolute atomic E-state index is 0.0470. The number of nitriles is 1. The molecule has 0 spiro atoms. The molecule has 0 saturated heterocycles. The number of esters is 2. The lowest BCUT2D eigenvalue weighted by Crippen LogP contribution is -2.20. The number of methoxy groups -OCH3 is 2. The lowest BCUT2D eigenvalue weighted by Gasteiger charge is -2.12. The number of furan rings is 1. The monoisotopic (exact) mass is 385 g/mol. The van der Waals surface area contributed by atoms with Crippen LogP contribution in [0.4, 0.5) is 0 Å². The lowest BCUT2D eigenvalue weighted by atomic mass is 10.1. The predicted octanol–water partition coefficient (Wildman–Crippen LogP) is 2.99. The molecule has 0 aliphatic carbocycles. The Morgan fingerprint density at radius 3 is 2.64 bits per heavy atom. The molecule has 2 aromatic rings. The molecule has 2 rings (SSSR count). The third-order valence-corrected chi connectivity index (χ3v) is 3.47. The highest BCUT2D eigenvalue weighted by Gasteiger charge is 2.17. The van der Waals surface area contributed by atoms with Gasteiger partial charge < -0.3 is 23.4 Å². The molecule has 0 saturated carbocycles. The van der Waals surface area contributed by atoms with Gasteiger partial charge in [-0.2, -0.15) is 5.26 Å². The minimum atomic E-state index is -0.764. The summed E-state index contributed by atoms with van der Waals surface area (Å²) >= 11 is 0. The Bertz CT molecular complexity index is 894. The fourth-order valence-corrected chi connectivity index (χ4v) is 2.22. The van der Waals surface area contributed by atoms with E-state index in [1.165, 1.54) is 44.8 Å². The van der Waals surface area contributed by atoms with E-state index in [4.69, 9.17) is 23.4 Å². The highest BCUT2D eigenvalue weighted by atomic mass is 16.6. The van der Waals surface area contributed by atoms with Gasteiger partial charge >= 0.3 is 11.9 Å². The third-order valence-electron chi connectivity index (χ3n) is 3.47. The van der Waals surface area contributed by atoms with Crippen LogP contribution in [0.2, 0.25) is 0 Å². The SMILES string of the molecule is COC[C@H](C)OC(=O)/C(C#N)=C/c1ccc(OC(=O)c2ccco2)c(OC)c1. The smallest absolute Gasteiger partial charge is 0.379 e. The Kier molecular flexibility index (Phi) is 7.37. The zero-order chi connectivity index (χ0) is 20.5. The standard InChI is InChI=1S/C20H19NO7/c1-13(12-24-2)27-19(22)15(11-21)9-14-6-7-16(18(10-14)25-3)28-20(23)17-5-4-8-26-17/h4-10,13H,12H2,1-3H3/b15-9+/t13-/m0/s1. The summed E-state index contributed by atoms with van der Waals surface area (Å²) in [4.78, 5) is 24.1. The van der Waals surface area contributed by atoms with Gasteiger partial charge in [-0.25, -0.2) is 9.59 Å². The van der Waals surface area contributed by atoms with Gasteiger partial charge in [-0.1, -0.05) is 6.07 Å². The van der Waals surface area contributed by atoms with Gasteiger partial charge in [0.15, 0.2) is 11.5 Å². The summed E-state index contributed by atoms with van der Waals surface area (Å²) in [6.07, 6.45) is 2.22. The summed E-state index contributed by atoms with van der Waals surface area (Å²) < 4.78 is 25.5. The van der Waals surface area contributed by atoms with E-state index in [1.807, 2.05) is 6.07 Å². The second kappa shape index (κ2) is 9.94. The van der Waals surface area contributed by atoms with Crippen LogP contribution in [0.15, 0.2) is 46.6 Å². The molecular formula is C20H19NO7. The Balaban J connectivity index is 2.19. The molecule has 0 unspecified atom stereocenters. The Morgan fingerprint density at radius 2 is 2.04 bits per heavy atom. The molecule has 1 aromatic heterocycles. The molecule has 0 aliphatic rings. The second-order valence-corrected chi connectivity index (χ2v) is 5.62. The average Bonchev–Trinajstić information content (AvgIpc) is 3.22. The number of rotatable bonds is 8. The average molecular weight is 385 g/mol. The van der Waals surface area contributed by atoms with Crippen LogP contribution < -0.4 is 9.47 Å². The molecule has 0 aliphatic heterocycles. The zero-order valence-electron chi connectivity index (χ0n) is 15.6. The van der Waals surface area contributed by atoms with Crippen molar-refractivity contribution in [3.63, 3.8) is 0 Å². The zero-order valence-corrected chi connectivity index (χ0v) is 15.6. The molecule has 146 valence electrons. The van der Waals surface area contributed by atoms with Crippen molar-refractivity contribution in [3.8, 4) is 17.6 Å². The second-order valence-electron chi connectivity index (χ2n) is 5.62. The molecule has 28 heavy (non-hydrogen) atoms. The number of ether oxygens (including phenoxy) is 4. The first-order valence-electron chi connectivity index (χ1n) is 8.24. The van der Waals surface area contributed by atoms with Gasteiger partial charge in [0.05, 0.1) is 20.0 Å². The molecule has 0 amide bonds. The first kappa shape index (κ1) is 20.7. The highest BCUT2D eigenvalue weighted by Crippen LogP contribution is 2.29. The molecule has 8 heteroatoms. The van der Waals surface area contributed by atoms with Crippen LogP contribution in [0.5, 0.6) is 11.5 Å². The maximum atomic E-state index is 12.1. The number of benzene rings is 1. The van der Waals surface area contributed by atoms with Crippen molar-refractivity contribution in [2.24, 2.45) is 0 Å². The molecule has 1 heterocycles. The van der Waals surface area contributed by atoms with E-state index in [1.54, 1.807) is 19.1 Å². The summed E-state index contributed by atoms with van der Waals surface area (Å²) in [7, 11) is 2.89. The van der Waals surface area contributed by atoms with Gasteiger partial charge in [0, 0.05) is 7.11 Å². The minimum Gasteiger partial charge on any atom is -0.493 e. The van der Waals surface area contributed by atoms with Gasteiger partial charge in [-0.15, -0.1) is 0 Å². The highest BCUT2D eigenvalue weighted by molar-refractivity contribution is 5.98. The molecular weight excluding hydrogens is 366 g/mol. The topological polar surface area (TPSA) is 108 Å². The fourth-order valence-electron chi connectivity index (χ4n) is 2.22. The largest absolute Gasteiger partial charge is 0.493 e. The summed E-state index contributed by atoms with van der Waals surface area (Å²) in [5, 5.41) is 9.24. The molecule has 1 aromatic carbocycles. The van der Waals surface area contributed by atoms with Crippen molar-refractivity contribution >= 4 is 18.0 Å². The van der Waals surface area contributed by atoms with Crippen LogP contribution in [0.1, 0.15) is 23.0 Å². The van der Waals surface area contributed by atoms with E-state index >= 15 is 0 Å². The molecule has 8 nitrogen and oxygen atoms in total. The van der Waals surface area contributed by atoms with Crippen LogP contribution in [-0.2, 0) is 14.3 Å². The Hall–Kier alpha value is -3.57. The molecule has 1 atom stereocenters. The fraction of sp³-hybridized carbons (Fsp3) is 0.250. The van der Waals surface area contributed by atoms with Crippen molar-refractivity contribution in [2.45, 2.75) is 13.0 Å². The molecule has 0 fully saturated rings. The van der Waals surface area contributed by atoms with Crippen LogP contribution in [0.25, 0.3) is 6.08 Å².